The van der Waals surface area contributed by atoms with Crippen LogP contribution in [-0.4, -0.2) is 20.7 Å². The number of aromatic carboxylic acids is 1. The molecule has 0 aliphatic rings. The van der Waals surface area contributed by atoms with Gasteiger partial charge in [-0.25, -0.2) is 4.79 Å². The Morgan fingerprint density at radius 1 is 1.17 bits per heavy atom. The van der Waals surface area contributed by atoms with Crippen molar-refractivity contribution in [2.45, 2.75) is 0 Å². The number of fused-ring (bicyclic) bond motifs is 1. The zero-order chi connectivity index (χ0) is 13.4. The van der Waals surface area contributed by atoms with E-state index >= 15 is 0 Å². The van der Waals surface area contributed by atoms with Gasteiger partial charge < -0.3 is 14.8 Å². The molecule has 0 unspecified atom stereocenters. The van der Waals surface area contributed by atoms with Crippen LogP contribution in [0.15, 0.2) is 33.9 Å². The van der Waals surface area contributed by atoms with Crippen LogP contribution in [0.4, 0.5) is 0 Å². The van der Waals surface area contributed by atoms with Crippen LogP contribution in [0.3, 0.4) is 0 Å². The minimum absolute atomic E-state index is 0.0628. The maximum absolute atomic E-state index is 11.8. The lowest BCUT2D eigenvalue weighted by Gasteiger charge is -2.06. The van der Waals surface area contributed by atoms with Crippen molar-refractivity contribution in [1.29, 1.82) is 0 Å². The molecule has 0 spiro atoms. The monoisotopic (exact) mass is 247 g/mol. The first-order valence-electron chi connectivity index (χ1n) is 5.02. The average molecular weight is 247 g/mol. The van der Waals surface area contributed by atoms with Crippen molar-refractivity contribution in [2.75, 3.05) is 0 Å². The van der Waals surface area contributed by atoms with E-state index in [4.69, 9.17) is 5.11 Å². The first-order valence-corrected chi connectivity index (χ1v) is 5.02. The number of aromatic nitrogens is 1. The standard InChI is InChI=1S/C12H9NO5/c1-13-7-2-3-9(14)11(16)4-6(7)10(15)5-8(13)12(17)18/h2-5H,1H3,(H,14,16)(H,17,18). The van der Waals surface area contributed by atoms with E-state index in [9.17, 15) is 19.5 Å². The van der Waals surface area contributed by atoms with Gasteiger partial charge in [-0.2, -0.15) is 0 Å². The molecule has 0 saturated carbocycles. The largest absolute Gasteiger partial charge is 0.504 e. The minimum atomic E-state index is -1.24. The Kier molecular flexibility index (Phi) is 2.63. The molecule has 0 aliphatic carbocycles. The van der Waals surface area contributed by atoms with Gasteiger partial charge in [0.2, 0.25) is 5.43 Å². The van der Waals surface area contributed by atoms with Crippen molar-refractivity contribution in [3.8, 4) is 5.75 Å². The summed E-state index contributed by atoms with van der Waals surface area (Å²) in [6, 6.07) is 4.41. The molecule has 0 atom stereocenters. The maximum Gasteiger partial charge on any atom is 0.352 e. The molecule has 2 N–H and O–H groups in total. The fraction of sp³-hybridized carbons (Fsp3) is 0.0833. The van der Waals surface area contributed by atoms with E-state index in [0.29, 0.717) is 0 Å². The average Bonchev–Trinajstić information content (AvgIpc) is 2.45. The summed E-state index contributed by atoms with van der Waals surface area (Å²) in [5.74, 6) is -1.74. The van der Waals surface area contributed by atoms with Gasteiger partial charge in [0.05, 0.1) is 5.52 Å². The van der Waals surface area contributed by atoms with E-state index in [0.717, 1.165) is 18.2 Å². The zero-order valence-corrected chi connectivity index (χ0v) is 9.38. The molecule has 1 heterocycles. The third-order valence-electron chi connectivity index (χ3n) is 2.68. The molecular weight excluding hydrogens is 238 g/mol. The Labute approximate surface area is 100 Å². The molecule has 0 radical (unpaired) electrons. The van der Waals surface area contributed by atoms with Crippen LogP contribution < -0.4 is 10.9 Å². The van der Waals surface area contributed by atoms with Crippen molar-refractivity contribution >= 4 is 16.9 Å². The predicted molar refractivity (Wildman–Crippen MR) is 64.1 cm³/mol. The number of aromatic hydroxyl groups is 1. The molecule has 0 aliphatic heterocycles. The van der Waals surface area contributed by atoms with E-state index in [-0.39, 0.29) is 16.6 Å². The Morgan fingerprint density at radius 3 is 2.44 bits per heavy atom. The molecular formula is C12H9NO5. The second-order valence-corrected chi connectivity index (χ2v) is 3.78. The van der Waals surface area contributed by atoms with Crippen molar-refractivity contribution in [2.24, 2.45) is 7.05 Å². The minimum Gasteiger partial charge on any atom is -0.504 e. The van der Waals surface area contributed by atoms with Crippen LogP contribution >= 0.6 is 0 Å². The first-order chi connectivity index (χ1) is 8.41. The Morgan fingerprint density at radius 2 is 1.83 bits per heavy atom. The lowest BCUT2D eigenvalue weighted by molar-refractivity contribution is 0.0686. The van der Waals surface area contributed by atoms with Crippen molar-refractivity contribution in [3.05, 3.63) is 50.4 Å². The molecule has 2 rings (SSSR count). The summed E-state index contributed by atoms with van der Waals surface area (Å²) < 4.78 is 1.28. The van der Waals surface area contributed by atoms with E-state index in [1.807, 2.05) is 0 Å². The smallest absolute Gasteiger partial charge is 0.352 e. The fourth-order valence-corrected chi connectivity index (χ4v) is 1.73. The van der Waals surface area contributed by atoms with E-state index in [2.05, 4.69) is 0 Å². The van der Waals surface area contributed by atoms with Gasteiger partial charge in [-0.05, 0) is 12.1 Å². The van der Waals surface area contributed by atoms with Gasteiger partial charge in [0.15, 0.2) is 11.2 Å². The number of nitrogens with zero attached hydrogens (tertiary/aromatic N) is 1. The number of aryl methyl sites for hydroxylation is 1. The second kappa shape index (κ2) is 3.99. The molecule has 1 aromatic carbocycles. The van der Waals surface area contributed by atoms with Gasteiger partial charge >= 0.3 is 5.97 Å². The lowest BCUT2D eigenvalue weighted by atomic mass is 10.2. The van der Waals surface area contributed by atoms with Crippen LogP contribution in [0.1, 0.15) is 10.5 Å². The van der Waals surface area contributed by atoms with Gasteiger partial charge in [0, 0.05) is 24.6 Å². The number of rotatable bonds is 1. The van der Waals surface area contributed by atoms with Gasteiger partial charge in [-0.3, -0.25) is 9.59 Å². The highest BCUT2D eigenvalue weighted by atomic mass is 16.4. The summed E-state index contributed by atoms with van der Waals surface area (Å²) in [5, 5.41) is 18.3. The summed E-state index contributed by atoms with van der Waals surface area (Å²) in [4.78, 5) is 34.1. The Balaban J connectivity index is 3.09. The van der Waals surface area contributed by atoms with Gasteiger partial charge in [-0.15, -0.1) is 0 Å². The molecule has 1 aromatic heterocycles. The van der Waals surface area contributed by atoms with Crippen molar-refractivity contribution in [3.63, 3.8) is 0 Å². The maximum atomic E-state index is 11.8. The van der Waals surface area contributed by atoms with Crippen LogP contribution in [0.25, 0.3) is 10.9 Å². The number of carboxylic acids is 1. The van der Waals surface area contributed by atoms with Crippen molar-refractivity contribution < 1.29 is 15.0 Å². The van der Waals surface area contributed by atoms with Gasteiger partial charge in [0.25, 0.3) is 0 Å². The van der Waals surface area contributed by atoms with Crippen LogP contribution in [0.5, 0.6) is 5.75 Å². The van der Waals surface area contributed by atoms with E-state index in [1.165, 1.54) is 17.7 Å². The summed E-state index contributed by atoms with van der Waals surface area (Å²) in [6.07, 6.45) is 0. The second-order valence-electron chi connectivity index (χ2n) is 3.78. The number of carbonyl (C=O) groups is 1. The molecule has 6 nitrogen and oxygen atoms in total. The summed E-state index contributed by atoms with van der Waals surface area (Å²) in [7, 11) is 1.47. The highest BCUT2D eigenvalue weighted by Crippen LogP contribution is 2.11. The summed E-state index contributed by atoms with van der Waals surface area (Å²) >= 11 is 0. The number of hydrogen-bond acceptors (Lipinski definition) is 4. The topological polar surface area (TPSA) is 96.6 Å². The molecule has 2 aromatic rings. The number of carboxylic acid groups (broad SMARTS) is 1. The molecule has 0 bridgehead atoms. The van der Waals surface area contributed by atoms with E-state index < -0.39 is 22.6 Å². The molecule has 0 saturated heterocycles. The predicted octanol–water partition coefficient (Wildman–Crippen LogP) is 0.302. The zero-order valence-electron chi connectivity index (χ0n) is 9.38. The summed E-state index contributed by atoms with van der Waals surface area (Å²) in [6.45, 7) is 0. The SMILES string of the molecule is Cn1c(C(=O)O)cc(=O)c2cc(=O)c(O)ccc21. The van der Waals surface area contributed by atoms with Crippen LogP contribution in [-0.2, 0) is 7.05 Å². The fourth-order valence-electron chi connectivity index (χ4n) is 1.73. The summed E-state index contributed by atoms with van der Waals surface area (Å²) in [5.41, 5.74) is -1.19. The van der Waals surface area contributed by atoms with E-state index in [1.54, 1.807) is 0 Å². The normalized spacial score (nSPS) is 10.5. The molecule has 92 valence electrons. The van der Waals surface area contributed by atoms with Crippen molar-refractivity contribution in [1.82, 2.24) is 4.57 Å². The van der Waals surface area contributed by atoms with Gasteiger partial charge in [0.1, 0.15) is 5.69 Å². The third kappa shape index (κ3) is 1.73. The van der Waals surface area contributed by atoms with Gasteiger partial charge in [-0.1, -0.05) is 0 Å². The molecule has 0 fully saturated rings. The van der Waals surface area contributed by atoms with Crippen LogP contribution in [0.2, 0.25) is 0 Å². The molecule has 6 heteroatoms. The quantitative estimate of drug-likeness (QED) is 0.755. The number of pyridine rings is 1. The van der Waals surface area contributed by atoms with Crippen LogP contribution in [0, 0.1) is 0 Å². The third-order valence-corrected chi connectivity index (χ3v) is 2.68. The first kappa shape index (κ1) is 11.8. The lowest BCUT2D eigenvalue weighted by Crippen LogP contribution is -2.15. The number of hydrogen-bond donors (Lipinski definition) is 2. The molecule has 0 amide bonds. The highest BCUT2D eigenvalue weighted by Gasteiger charge is 2.12. The molecule has 18 heavy (non-hydrogen) atoms. The highest BCUT2D eigenvalue weighted by molar-refractivity contribution is 5.90. The Bertz CT molecular complexity index is 776. The Hall–Kier alpha value is -2.63.